The minimum Gasteiger partial charge on any atom is -0.373 e. The summed E-state index contributed by atoms with van der Waals surface area (Å²) in [6.45, 7) is 2.73. The third kappa shape index (κ3) is 3.13. The summed E-state index contributed by atoms with van der Waals surface area (Å²) < 4.78 is 0. The van der Waals surface area contributed by atoms with Crippen LogP contribution in [0.15, 0.2) is 17.0 Å². The van der Waals surface area contributed by atoms with Gasteiger partial charge in [-0.2, -0.15) is 0 Å². The summed E-state index contributed by atoms with van der Waals surface area (Å²) in [7, 11) is 1.85. The van der Waals surface area contributed by atoms with Gasteiger partial charge in [-0.15, -0.1) is 11.3 Å². The summed E-state index contributed by atoms with van der Waals surface area (Å²) in [6, 6.07) is 1.89. The SMILES string of the molecule is CCc1nc(NC)cc(NCc2cscn2)n1. The summed E-state index contributed by atoms with van der Waals surface area (Å²) in [5.41, 5.74) is 2.85. The van der Waals surface area contributed by atoms with Crippen molar-refractivity contribution in [1.29, 1.82) is 0 Å². The van der Waals surface area contributed by atoms with Gasteiger partial charge in [0.05, 0.1) is 17.7 Å². The van der Waals surface area contributed by atoms with Crippen LogP contribution >= 0.6 is 11.3 Å². The van der Waals surface area contributed by atoms with Gasteiger partial charge in [-0.3, -0.25) is 0 Å². The van der Waals surface area contributed by atoms with E-state index >= 15 is 0 Å². The number of rotatable bonds is 5. The number of hydrogen-bond donors (Lipinski definition) is 2. The minimum absolute atomic E-state index is 0.687. The molecule has 90 valence electrons. The fourth-order valence-electron chi connectivity index (χ4n) is 1.38. The van der Waals surface area contributed by atoms with Crippen LogP contribution in [-0.2, 0) is 13.0 Å². The molecule has 0 aromatic carbocycles. The van der Waals surface area contributed by atoms with E-state index in [0.717, 1.165) is 29.6 Å². The second-order valence-corrected chi connectivity index (χ2v) is 4.21. The van der Waals surface area contributed by atoms with Crippen molar-refractivity contribution in [2.24, 2.45) is 0 Å². The van der Waals surface area contributed by atoms with Crippen molar-refractivity contribution in [2.75, 3.05) is 17.7 Å². The number of hydrogen-bond acceptors (Lipinski definition) is 6. The van der Waals surface area contributed by atoms with E-state index in [-0.39, 0.29) is 0 Å². The number of nitrogens with zero attached hydrogens (tertiary/aromatic N) is 3. The van der Waals surface area contributed by atoms with Crippen molar-refractivity contribution in [3.05, 3.63) is 28.5 Å². The molecule has 0 atom stereocenters. The Bertz CT molecular complexity index is 446. The maximum absolute atomic E-state index is 4.41. The zero-order valence-electron chi connectivity index (χ0n) is 9.90. The lowest BCUT2D eigenvalue weighted by atomic mass is 10.4. The van der Waals surface area contributed by atoms with Crippen LogP contribution in [0.3, 0.4) is 0 Å². The van der Waals surface area contributed by atoms with E-state index in [1.807, 2.05) is 30.9 Å². The number of aromatic nitrogens is 3. The maximum atomic E-state index is 4.41. The van der Waals surface area contributed by atoms with Crippen LogP contribution in [0.4, 0.5) is 11.6 Å². The average molecular weight is 249 g/mol. The van der Waals surface area contributed by atoms with Gasteiger partial charge in [0.15, 0.2) is 0 Å². The van der Waals surface area contributed by atoms with E-state index in [2.05, 4.69) is 25.6 Å². The fourth-order valence-corrected chi connectivity index (χ4v) is 1.94. The quantitative estimate of drug-likeness (QED) is 0.850. The Hall–Kier alpha value is -1.69. The summed E-state index contributed by atoms with van der Waals surface area (Å²) in [5, 5.41) is 8.30. The lowest BCUT2D eigenvalue weighted by Gasteiger charge is -2.08. The van der Waals surface area contributed by atoms with Crippen LogP contribution in [0, 0.1) is 0 Å². The molecule has 0 fully saturated rings. The van der Waals surface area contributed by atoms with E-state index in [9.17, 15) is 0 Å². The number of nitrogens with one attached hydrogen (secondary N) is 2. The summed E-state index contributed by atoms with van der Waals surface area (Å²) in [6.07, 6.45) is 0.820. The summed E-state index contributed by atoms with van der Waals surface area (Å²) >= 11 is 1.59. The second kappa shape index (κ2) is 5.58. The molecular weight excluding hydrogens is 234 g/mol. The highest BCUT2D eigenvalue weighted by Gasteiger charge is 2.02. The van der Waals surface area contributed by atoms with Crippen LogP contribution in [-0.4, -0.2) is 22.0 Å². The monoisotopic (exact) mass is 249 g/mol. The third-order valence-electron chi connectivity index (χ3n) is 2.28. The van der Waals surface area contributed by atoms with Crippen LogP contribution in [0.25, 0.3) is 0 Å². The van der Waals surface area contributed by atoms with Crippen LogP contribution < -0.4 is 10.6 Å². The molecule has 0 amide bonds. The molecule has 2 heterocycles. The van der Waals surface area contributed by atoms with Crippen molar-refractivity contribution in [2.45, 2.75) is 19.9 Å². The third-order valence-corrected chi connectivity index (χ3v) is 2.91. The topological polar surface area (TPSA) is 62.7 Å². The van der Waals surface area contributed by atoms with Crippen LogP contribution in [0.5, 0.6) is 0 Å². The smallest absolute Gasteiger partial charge is 0.132 e. The zero-order chi connectivity index (χ0) is 12.1. The predicted molar refractivity (Wildman–Crippen MR) is 70.4 cm³/mol. The van der Waals surface area contributed by atoms with Crippen molar-refractivity contribution in [3.63, 3.8) is 0 Å². The molecule has 0 aliphatic heterocycles. The van der Waals surface area contributed by atoms with Gasteiger partial charge in [0, 0.05) is 24.9 Å². The van der Waals surface area contributed by atoms with E-state index in [1.54, 1.807) is 11.3 Å². The molecule has 0 aliphatic rings. The molecule has 5 nitrogen and oxygen atoms in total. The Morgan fingerprint density at radius 3 is 2.76 bits per heavy atom. The van der Waals surface area contributed by atoms with E-state index in [1.165, 1.54) is 0 Å². The fraction of sp³-hybridized carbons (Fsp3) is 0.364. The summed E-state index contributed by atoms with van der Waals surface area (Å²) in [4.78, 5) is 13.0. The van der Waals surface area contributed by atoms with Gasteiger partial charge in [0.2, 0.25) is 0 Å². The first-order chi connectivity index (χ1) is 8.31. The van der Waals surface area contributed by atoms with Crippen LogP contribution in [0.1, 0.15) is 18.4 Å². The van der Waals surface area contributed by atoms with Crippen molar-refractivity contribution in [3.8, 4) is 0 Å². The molecule has 2 aromatic heterocycles. The largest absolute Gasteiger partial charge is 0.373 e. The molecule has 0 saturated carbocycles. The molecule has 0 spiro atoms. The molecular formula is C11H15N5S. The molecule has 0 saturated heterocycles. The molecule has 17 heavy (non-hydrogen) atoms. The summed E-state index contributed by atoms with van der Waals surface area (Å²) in [5.74, 6) is 2.49. The van der Waals surface area contributed by atoms with Gasteiger partial charge in [-0.05, 0) is 0 Å². The van der Waals surface area contributed by atoms with Gasteiger partial charge < -0.3 is 10.6 Å². The van der Waals surface area contributed by atoms with Crippen molar-refractivity contribution >= 4 is 23.0 Å². The first-order valence-electron chi connectivity index (χ1n) is 5.48. The molecule has 0 bridgehead atoms. The molecule has 2 rings (SSSR count). The highest BCUT2D eigenvalue weighted by atomic mass is 32.1. The first-order valence-corrected chi connectivity index (χ1v) is 6.42. The van der Waals surface area contributed by atoms with E-state index in [4.69, 9.17) is 0 Å². The maximum Gasteiger partial charge on any atom is 0.132 e. The Kier molecular flexibility index (Phi) is 3.87. The second-order valence-electron chi connectivity index (χ2n) is 3.49. The zero-order valence-corrected chi connectivity index (χ0v) is 10.7. The van der Waals surface area contributed by atoms with E-state index in [0.29, 0.717) is 6.54 Å². The standard InChI is InChI=1S/C11H15N5S/c1-3-9-15-10(12-2)4-11(16-9)13-5-8-6-17-7-14-8/h4,6-7H,3,5H2,1-2H3,(H2,12,13,15,16). The molecule has 0 aliphatic carbocycles. The van der Waals surface area contributed by atoms with Gasteiger partial charge in [-0.25, -0.2) is 15.0 Å². The Labute approximate surface area is 104 Å². The molecule has 2 aromatic rings. The number of thiazole rings is 1. The minimum atomic E-state index is 0.687. The van der Waals surface area contributed by atoms with E-state index < -0.39 is 0 Å². The van der Waals surface area contributed by atoms with Gasteiger partial charge in [-0.1, -0.05) is 6.92 Å². The van der Waals surface area contributed by atoms with Crippen molar-refractivity contribution in [1.82, 2.24) is 15.0 Å². The molecule has 2 N–H and O–H groups in total. The Balaban J connectivity index is 2.09. The number of anilines is 2. The average Bonchev–Trinajstić information content (AvgIpc) is 2.89. The Morgan fingerprint density at radius 1 is 1.29 bits per heavy atom. The van der Waals surface area contributed by atoms with Gasteiger partial charge in [0.1, 0.15) is 17.5 Å². The van der Waals surface area contributed by atoms with Gasteiger partial charge in [0.25, 0.3) is 0 Å². The lowest BCUT2D eigenvalue weighted by Crippen LogP contribution is -2.06. The normalized spacial score (nSPS) is 10.2. The highest BCUT2D eigenvalue weighted by Crippen LogP contribution is 2.12. The molecule has 0 unspecified atom stereocenters. The Morgan fingerprint density at radius 2 is 2.12 bits per heavy atom. The van der Waals surface area contributed by atoms with Gasteiger partial charge >= 0.3 is 0 Å². The molecule has 6 heteroatoms. The lowest BCUT2D eigenvalue weighted by molar-refractivity contribution is 0.931. The van der Waals surface area contributed by atoms with Crippen LogP contribution in [0.2, 0.25) is 0 Å². The predicted octanol–water partition coefficient (Wildman–Crippen LogP) is 2.15. The molecule has 0 radical (unpaired) electrons. The highest BCUT2D eigenvalue weighted by molar-refractivity contribution is 7.07. The number of aryl methyl sites for hydroxylation is 1. The van der Waals surface area contributed by atoms with Crippen molar-refractivity contribution < 1.29 is 0 Å². The first kappa shape index (κ1) is 11.8.